The van der Waals surface area contributed by atoms with E-state index in [2.05, 4.69) is 33.8 Å². The second-order valence-corrected chi connectivity index (χ2v) is 6.40. The molecule has 0 radical (unpaired) electrons. The fourth-order valence-corrected chi connectivity index (χ4v) is 4.08. The van der Waals surface area contributed by atoms with Crippen molar-refractivity contribution in [2.24, 2.45) is 23.2 Å². The maximum Gasteiger partial charge on any atom is 0.0643 e. The van der Waals surface area contributed by atoms with E-state index >= 15 is 0 Å². The van der Waals surface area contributed by atoms with Gasteiger partial charge in [-0.1, -0.05) is 45.3 Å². The van der Waals surface area contributed by atoms with Gasteiger partial charge >= 0.3 is 0 Å². The predicted octanol–water partition coefficient (Wildman–Crippen LogP) is 3.40. The van der Waals surface area contributed by atoms with Crippen LogP contribution in [0.2, 0.25) is 0 Å². The summed E-state index contributed by atoms with van der Waals surface area (Å²) in [5, 5.41) is 9.87. The van der Waals surface area contributed by atoms with Gasteiger partial charge in [-0.3, -0.25) is 0 Å². The first-order valence-electron chi connectivity index (χ1n) is 7.47. The van der Waals surface area contributed by atoms with Gasteiger partial charge in [-0.2, -0.15) is 0 Å². The Hall–Kier alpha value is -0.340. The molecular weight excluding hydrogens is 224 g/mol. The van der Waals surface area contributed by atoms with E-state index in [4.69, 9.17) is 4.74 Å². The number of allylic oxidation sites excluding steroid dienone is 1. The molecule has 1 N–H and O–H groups in total. The average Bonchev–Trinajstić information content (AvgIpc) is 2.34. The van der Waals surface area contributed by atoms with Crippen molar-refractivity contribution < 1.29 is 9.84 Å². The zero-order valence-corrected chi connectivity index (χ0v) is 12.3. The van der Waals surface area contributed by atoms with Gasteiger partial charge in [-0.15, -0.1) is 0 Å². The Kier molecular flexibility index (Phi) is 4.18. The maximum atomic E-state index is 9.87. The zero-order chi connectivity index (χ0) is 13.3. The summed E-state index contributed by atoms with van der Waals surface area (Å²) in [6.45, 7) is 9.98. The Labute approximate surface area is 111 Å². The lowest BCUT2D eigenvalue weighted by Gasteiger charge is -2.55. The Morgan fingerprint density at radius 1 is 1.44 bits per heavy atom. The van der Waals surface area contributed by atoms with Crippen molar-refractivity contribution in [3.05, 3.63) is 11.6 Å². The number of hydrogen-bond donors (Lipinski definition) is 1. The molecule has 1 heterocycles. The van der Waals surface area contributed by atoms with Gasteiger partial charge in [0.2, 0.25) is 0 Å². The van der Waals surface area contributed by atoms with Crippen molar-refractivity contribution in [1.82, 2.24) is 0 Å². The lowest BCUT2D eigenvalue weighted by atomic mass is 9.56. The molecule has 2 rings (SSSR count). The average molecular weight is 252 g/mol. The SMILES string of the molecule is CCCC[C@@H]1OC[C@]2(CO)[C@H](C)[C@@H]1C(C)=C[C@@H]2C. The van der Waals surface area contributed by atoms with Crippen LogP contribution < -0.4 is 0 Å². The molecule has 5 atom stereocenters. The molecule has 2 heteroatoms. The van der Waals surface area contributed by atoms with E-state index in [0.717, 1.165) is 13.0 Å². The maximum absolute atomic E-state index is 9.87. The van der Waals surface area contributed by atoms with E-state index in [1.165, 1.54) is 18.4 Å². The van der Waals surface area contributed by atoms with Crippen molar-refractivity contribution in [2.75, 3.05) is 13.2 Å². The number of aliphatic hydroxyl groups excluding tert-OH is 1. The van der Waals surface area contributed by atoms with Crippen LogP contribution in [0, 0.1) is 23.2 Å². The molecule has 2 aliphatic rings. The summed E-state index contributed by atoms with van der Waals surface area (Å²) in [7, 11) is 0. The van der Waals surface area contributed by atoms with E-state index in [1.807, 2.05) is 0 Å². The lowest BCUT2D eigenvalue weighted by Crippen LogP contribution is -2.56. The van der Waals surface area contributed by atoms with E-state index in [1.54, 1.807) is 0 Å². The van der Waals surface area contributed by atoms with Crippen LogP contribution in [0.5, 0.6) is 0 Å². The highest BCUT2D eigenvalue weighted by atomic mass is 16.5. The van der Waals surface area contributed by atoms with Crippen molar-refractivity contribution in [2.45, 2.75) is 53.1 Å². The second-order valence-electron chi connectivity index (χ2n) is 6.40. The molecule has 104 valence electrons. The standard InChI is InChI=1S/C16H28O2/c1-5-6-7-14-15-11(2)8-12(3)16(9-17,10-18-14)13(15)4/h8,12-15,17H,5-7,9-10H2,1-4H3/t12-,13+,14-,15-,16-/m0/s1. The van der Waals surface area contributed by atoms with Gasteiger partial charge < -0.3 is 9.84 Å². The van der Waals surface area contributed by atoms with Crippen molar-refractivity contribution in [1.29, 1.82) is 0 Å². The minimum Gasteiger partial charge on any atom is -0.396 e. The van der Waals surface area contributed by atoms with Crippen molar-refractivity contribution >= 4 is 0 Å². The largest absolute Gasteiger partial charge is 0.396 e. The van der Waals surface area contributed by atoms with E-state index in [9.17, 15) is 5.11 Å². The molecule has 0 aromatic carbocycles. The number of unbranched alkanes of at least 4 members (excludes halogenated alkanes) is 1. The van der Waals surface area contributed by atoms with Gasteiger partial charge in [0.15, 0.2) is 0 Å². The van der Waals surface area contributed by atoms with Crippen LogP contribution in [0.3, 0.4) is 0 Å². The highest BCUT2D eigenvalue weighted by Crippen LogP contribution is 2.52. The first kappa shape index (κ1) is 14.1. The molecule has 0 aromatic heterocycles. The van der Waals surface area contributed by atoms with Gasteiger partial charge in [-0.25, -0.2) is 0 Å². The van der Waals surface area contributed by atoms with E-state index < -0.39 is 0 Å². The molecule has 18 heavy (non-hydrogen) atoms. The number of rotatable bonds is 4. The molecule has 1 saturated heterocycles. The normalized spacial score (nSPS) is 43.7. The van der Waals surface area contributed by atoms with Gasteiger partial charge in [0, 0.05) is 11.3 Å². The molecule has 1 aliphatic heterocycles. The third-order valence-corrected chi connectivity index (χ3v) is 5.49. The Morgan fingerprint density at radius 3 is 2.78 bits per heavy atom. The molecule has 2 nitrogen and oxygen atoms in total. The molecule has 1 aliphatic carbocycles. The smallest absolute Gasteiger partial charge is 0.0643 e. The third kappa shape index (κ3) is 2.04. The fraction of sp³-hybridized carbons (Fsp3) is 0.875. The summed E-state index contributed by atoms with van der Waals surface area (Å²) in [4.78, 5) is 0. The first-order chi connectivity index (χ1) is 8.56. The Morgan fingerprint density at radius 2 is 2.17 bits per heavy atom. The van der Waals surface area contributed by atoms with E-state index in [0.29, 0.717) is 23.9 Å². The third-order valence-electron chi connectivity index (χ3n) is 5.49. The topological polar surface area (TPSA) is 29.5 Å². The molecule has 0 aromatic rings. The lowest BCUT2D eigenvalue weighted by molar-refractivity contribution is -0.164. The molecule has 0 amide bonds. The first-order valence-corrected chi connectivity index (χ1v) is 7.47. The number of aliphatic hydroxyl groups is 1. The Bertz CT molecular complexity index is 323. The van der Waals surface area contributed by atoms with Gasteiger partial charge in [0.1, 0.15) is 0 Å². The zero-order valence-electron chi connectivity index (χ0n) is 12.3. The second kappa shape index (κ2) is 5.34. The van der Waals surface area contributed by atoms with E-state index in [-0.39, 0.29) is 12.0 Å². The molecule has 0 spiro atoms. The number of ether oxygens (including phenoxy) is 1. The van der Waals surface area contributed by atoms with Gasteiger partial charge in [0.25, 0.3) is 0 Å². The minimum absolute atomic E-state index is 0.0487. The molecule has 1 fully saturated rings. The van der Waals surface area contributed by atoms with Gasteiger partial charge in [0.05, 0.1) is 19.3 Å². The quantitative estimate of drug-likeness (QED) is 0.777. The summed E-state index contributed by atoms with van der Waals surface area (Å²) in [5.41, 5.74) is 1.42. The van der Waals surface area contributed by atoms with Crippen LogP contribution in [0.15, 0.2) is 11.6 Å². The summed E-state index contributed by atoms with van der Waals surface area (Å²) in [5.74, 6) is 1.45. The predicted molar refractivity (Wildman–Crippen MR) is 74.4 cm³/mol. The highest BCUT2D eigenvalue weighted by Gasteiger charge is 2.52. The fourth-order valence-electron chi connectivity index (χ4n) is 4.08. The molecule has 0 saturated carbocycles. The van der Waals surface area contributed by atoms with Crippen LogP contribution in [-0.4, -0.2) is 24.4 Å². The molecule has 2 bridgehead atoms. The Balaban J connectivity index is 2.26. The summed E-state index contributed by atoms with van der Waals surface area (Å²) in [6.07, 6.45) is 6.37. The summed E-state index contributed by atoms with van der Waals surface area (Å²) in [6, 6.07) is 0. The van der Waals surface area contributed by atoms with Crippen molar-refractivity contribution in [3.63, 3.8) is 0 Å². The molecule has 0 unspecified atom stereocenters. The molecular formula is C16H28O2. The number of hydrogen-bond acceptors (Lipinski definition) is 2. The summed E-state index contributed by atoms with van der Waals surface area (Å²) < 4.78 is 6.15. The highest BCUT2D eigenvalue weighted by molar-refractivity contribution is 5.20. The van der Waals surface area contributed by atoms with Crippen LogP contribution in [0.25, 0.3) is 0 Å². The minimum atomic E-state index is -0.0487. The van der Waals surface area contributed by atoms with Crippen LogP contribution >= 0.6 is 0 Å². The number of fused-ring (bicyclic) bond motifs is 2. The summed E-state index contributed by atoms with van der Waals surface area (Å²) >= 11 is 0. The van der Waals surface area contributed by atoms with Crippen LogP contribution in [0.1, 0.15) is 47.0 Å². The van der Waals surface area contributed by atoms with Crippen LogP contribution in [-0.2, 0) is 4.74 Å². The van der Waals surface area contributed by atoms with Crippen molar-refractivity contribution in [3.8, 4) is 0 Å². The van der Waals surface area contributed by atoms with Crippen LogP contribution in [0.4, 0.5) is 0 Å². The van der Waals surface area contributed by atoms with Gasteiger partial charge in [-0.05, 0) is 25.2 Å². The monoisotopic (exact) mass is 252 g/mol.